The van der Waals surface area contributed by atoms with Crippen LogP contribution in [0.2, 0.25) is 10.0 Å². The van der Waals surface area contributed by atoms with Crippen LogP contribution in [-0.4, -0.2) is 37.6 Å². The van der Waals surface area contributed by atoms with E-state index in [1.807, 2.05) is 18.4 Å². The number of nitrogens with one attached hydrogen (secondary N) is 2. The van der Waals surface area contributed by atoms with Gasteiger partial charge in [0.05, 0.1) is 21.8 Å². The summed E-state index contributed by atoms with van der Waals surface area (Å²) in [4.78, 5) is 37.0. The van der Waals surface area contributed by atoms with Crippen LogP contribution in [0.4, 0.5) is 5.69 Å². The SMILES string of the molecule is CC[C@@H](Sc1nnc(CNC(=O)c2ccc(Cl)c(Cl)c2)n1CC)C(=O)Nc1cccc(C(C)=O)c1. The molecule has 2 aromatic carbocycles. The minimum Gasteiger partial charge on any atom is -0.345 e. The van der Waals surface area contributed by atoms with Crippen LogP contribution in [0.1, 0.15) is 53.7 Å². The van der Waals surface area contributed by atoms with Crippen LogP contribution in [0.3, 0.4) is 0 Å². The molecule has 0 radical (unpaired) electrons. The van der Waals surface area contributed by atoms with E-state index in [0.717, 1.165) is 0 Å². The van der Waals surface area contributed by atoms with Gasteiger partial charge in [0.2, 0.25) is 5.91 Å². The van der Waals surface area contributed by atoms with Crippen LogP contribution in [0.25, 0.3) is 0 Å². The first-order valence-corrected chi connectivity index (χ1v) is 12.6. The van der Waals surface area contributed by atoms with E-state index in [0.29, 0.717) is 50.8 Å². The minimum atomic E-state index is -0.427. The van der Waals surface area contributed by atoms with Gasteiger partial charge in [-0.1, -0.05) is 54.0 Å². The number of carbonyl (C=O) groups is 3. The van der Waals surface area contributed by atoms with Crippen LogP contribution in [0.15, 0.2) is 47.6 Å². The lowest BCUT2D eigenvalue weighted by molar-refractivity contribution is -0.115. The van der Waals surface area contributed by atoms with Gasteiger partial charge in [0.1, 0.15) is 0 Å². The molecule has 0 spiro atoms. The molecular weight excluding hydrogens is 509 g/mol. The fourth-order valence-corrected chi connectivity index (χ4v) is 4.58. The Morgan fingerprint density at radius 1 is 1.03 bits per heavy atom. The van der Waals surface area contributed by atoms with Gasteiger partial charge in [-0.25, -0.2) is 0 Å². The lowest BCUT2D eigenvalue weighted by Crippen LogP contribution is -2.26. The van der Waals surface area contributed by atoms with E-state index in [1.54, 1.807) is 36.4 Å². The number of benzene rings is 2. The first kappa shape index (κ1) is 26.7. The zero-order chi connectivity index (χ0) is 25.5. The molecule has 0 unspecified atom stereocenters. The Hall–Kier alpha value is -2.88. The van der Waals surface area contributed by atoms with Crippen molar-refractivity contribution in [2.75, 3.05) is 5.32 Å². The minimum absolute atomic E-state index is 0.0719. The van der Waals surface area contributed by atoms with Crippen LogP contribution in [-0.2, 0) is 17.9 Å². The summed E-state index contributed by atoms with van der Waals surface area (Å²) in [5.74, 6) is -0.0227. The maximum Gasteiger partial charge on any atom is 0.251 e. The second kappa shape index (κ2) is 12.2. The third-order valence-corrected chi connectivity index (χ3v) is 7.23. The molecule has 0 aliphatic heterocycles. The number of halogens is 2. The molecule has 0 aliphatic rings. The number of Topliss-reactive ketones (excluding diaryl/α,β-unsaturated/α-hetero) is 1. The Morgan fingerprint density at radius 2 is 1.80 bits per heavy atom. The molecule has 0 saturated heterocycles. The van der Waals surface area contributed by atoms with E-state index in [4.69, 9.17) is 23.2 Å². The highest BCUT2D eigenvalue weighted by Crippen LogP contribution is 2.26. The molecular formula is C24H25Cl2N5O3S. The third kappa shape index (κ3) is 6.84. The van der Waals surface area contributed by atoms with Crippen LogP contribution < -0.4 is 10.6 Å². The predicted molar refractivity (Wildman–Crippen MR) is 138 cm³/mol. The molecule has 2 amide bonds. The van der Waals surface area contributed by atoms with E-state index in [-0.39, 0.29) is 24.1 Å². The van der Waals surface area contributed by atoms with Crippen molar-refractivity contribution in [3.63, 3.8) is 0 Å². The van der Waals surface area contributed by atoms with Crippen LogP contribution in [0.5, 0.6) is 0 Å². The Morgan fingerprint density at radius 3 is 2.46 bits per heavy atom. The monoisotopic (exact) mass is 533 g/mol. The predicted octanol–water partition coefficient (Wildman–Crippen LogP) is 5.25. The maximum absolute atomic E-state index is 12.9. The van der Waals surface area contributed by atoms with Crippen molar-refractivity contribution in [1.82, 2.24) is 20.1 Å². The number of amides is 2. The van der Waals surface area contributed by atoms with E-state index >= 15 is 0 Å². The smallest absolute Gasteiger partial charge is 0.251 e. The molecule has 35 heavy (non-hydrogen) atoms. The Balaban J connectivity index is 1.67. The van der Waals surface area contributed by atoms with Gasteiger partial charge < -0.3 is 15.2 Å². The van der Waals surface area contributed by atoms with Gasteiger partial charge in [-0.3, -0.25) is 14.4 Å². The number of ketones is 1. The molecule has 1 heterocycles. The normalized spacial score (nSPS) is 11.7. The molecule has 3 rings (SSSR count). The molecule has 0 saturated carbocycles. The highest BCUT2D eigenvalue weighted by atomic mass is 35.5. The Bertz CT molecular complexity index is 1250. The summed E-state index contributed by atoms with van der Waals surface area (Å²) in [7, 11) is 0. The first-order chi connectivity index (χ1) is 16.7. The highest BCUT2D eigenvalue weighted by Gasteiger charge is 2.23. The van der Waals surface area contributed by atoms with E-state index in [1.165, 1.54) is 24.8 Å². The van der Waals surface area contributed by atoms with Crippen molar-refractivity contribution in [3.8, 4) is 0 Å². The largest absolute Gasteiger partial charge is 0.345 e. The van der Waals surface area contributed by atoms with Gasteiger partial charge >= 0.3 is 0 Å². The second-order valence-corrected chi connectivity index (χ2v) is 9.58. The number of anilines is 1. The second-order valence-electron chi connectivity index (χ2n) is 7.60. The maximum atomic E-state index is 12.9. The van der Waals surface area contributed by atoms with Gasteiger partial charge in [-0.05, 0) is 50.6 Å². The molecule has 184 valence electrons. The van der Waals surface area contributed by atoms with Gasteiger partial charge in [0.15, 0.2) is 16.8 Å². The molecule has 2 N–H and O–H groups in total. The van der Waals surface area contributed by atoms with Crippen molar-refractivity contribution in [3.05, 3.63) is 69.5 Å². The zero-order valence-electron chi connectivity index (χ0n) is 19.5. The summed E-state index contributed by atoms with van der Waals surface area (Å²) in [5, 5.41) is 14.9. The molecule has 3 aromatic rings. The topological polar surface area (TPSA) is 106 Å². The van der Waals surface area contributed by atoms with E-state index in [2.05, 4.69) is 20.8 Å². The van der Waals surface area contributed by atoms with Crippen LogP contribution >= 0.6 is 35.0 Å². The first-order valence-electron chi connectivity index (χ1n) is 11.0. The number of hydrogen-bond donors (Lipinski definition) is 2. The van der Waals surface area contributed by atoms with Crippen molar-refractivity contribution >= 4 is 58.2 Å². The Kier molecular flexibility index (Phi) is 9.31. The summed E-state index contributed by atoms with van der Waals surface area (Å²) < 4.78 is 1.85. The summed E-state index contributed by atoms with van der Waals surface area (Å²) >= 11 is 13.2. The fraction of sp³-hybridized carbons (Fsp3) is 0.292. The van der Waals surface area contributed by atoms with Crippen molar-refractivity contribution in [2.45, 2.75) is 50.7 Å². The van der Waals surface area contributed by atoms with Crippen molar-refractivity contribution in [2.24, 2.45) is 0 Å². The third-order valence-electron chi connectivity index (χ3n) is 5.15. The molecule has 0 fully saturated rings. The van der Waals surface area contributed by atoms with Crippen LogP contribution in [0, 0.1) is 0 Å². The molecule has 1 atom stereocenters. The fourth-order valence-electron chi connectivity index (χ4n) is 3.24. The number of hydrogen-bond acceptors (Lipinski definition) is 6. The van der Waals surface area contributed by atoms with Crippen molar-refractivity contribution < 1.29 is 14.4 Å². The summed E-state index contributed by atoms with van der Waals surface area (Å²) in [6.45, 7) is 6.04. The number of thioether (sulfide) groups is 1. The standard InChI is InChI=1S/C24H25Cl2N5O3S/c1-4-20(23(34)28-17-8-6-7-15(11-17)14(3)32)35-24-30-29-21(31(24)5-2)13-27-22(33)16-9-10-18(25)19(26)12-16/h6-12,20H,4-5,13H2,1-3H3,(H,27,33)(H,28,34)/t20-/m1/s1. The number of nitrogens with zero attached hydrogens (tertiary/aromatic N) is 3. The lowest BCUT2D eigenvalue weighted by Gasteiger charge is -2.15. The molecule has 0 bridgehead atoms. The average Bonchev–Trinajstić information content (AvgIpc) is 3.24. The Labute approximate surface area is 217 Å². The van der Waals surface area contributed by atoms with Gasteiger partial charge in [-0.15, -0.1) is 10.2 Å². The van der Waals surface area contributed by atoms with E-state index in [9.17, 15) is 14.4 Å². The average molecular weight is 534 g/mol. The summed E-state index contributed by atoms with van der Waals surface area (Å²) in [6, 6.07) is 11.5. The summed E-state index contributed by atoms with van der Waals surface area (Å²) in [6.07, 6.45) is 0.558. The van der Waals surface area contributed by atoms with E-state index < -0.39 is 5.25 Å². The molecule has 11 heteroatoms. The van der Waals surface area contributed by atoms with Crippen molar-refractivity contribution in [1.29, 1.82) is 0 Å². The highest BCUT2D eigenvalue weighted by molar-refractivity contribution is 8.00. The molecule has 0 aliphatic carbocycles. The molecule has 8 nitrogen and oxygen atoms in total. The summed E-state index contributed by atoms with van der Waals surface area (Å²) in [5.41, 5.74) is 1.47. The number of aromatic nitrogens is 3. The number of rotatable bonds is 10. The lowest BCUT2D eigenvalue weighted by atomic mass is 10.1. The molecule has 1 aromatic heterocycles. The van der Waals surface area contributed by atoms with Gasteiger partial charge in [0.25, 0.3) is 5.91 Å². The number of carbonyl (C=O) groups excluding carboxylic acids is 3. The quantitative estimate of drug-likeness (QED) is 0.272. The zero-order valence-corrected chi connectivity index (χ0v) is 21.8. The van der Waals surface area contributed by atoms with Gasteiger partial charge in [-0.2, -0.15) is 0 Å². The van der Waals surface area contributed by atoms with Gasteiger partial charge in [0, 0.05) is 23.4 Å².